The first-order valence-corrected chi connectivity index (χ1v) is 7.37. The second kappa shape index (κ2) is 8.19. The lowest BCUT2D eigenvalue weighted by Crippen LogP contribution is -2.22. The number of hydrogen-bond acceptors (Lipinski definition) is 4. The number of para-hydroxylation sites is 1. The number of carbonyl (C=O) groups is 1. The van der Waals surface area contributed by atoms with E-state index in [0.717, 1.165) is 11.1 Å². The first-order chi connectivity index (χ1) is 11.1. The highest BCUT2D eigenvalue weighted by atomic mass is 16.5. The summed E-state index contributed by atoms with van der Waals surface area (Å²) in [5.41, 5.74) is 3.10. The number of rotatable bonds is 8. The summed E-state index contributed by atoms with van der Waals surface area (Å²) in [6.45, 7) is 2.75. The Bertz CT molecular complexity index is 670. The summed E-state index contributed by atoms with van der Waals surface area (Å²) in [6.07, 6.45) is 0. The average molecular weight is 315 g/mol. The van der Waals surface area contributed by atoms with Crippen LogP contribution in [-0.2, 0) is 17.9 Å². The molecule has 23 heavy (non-hydrogen) atoms. The van der Waals surface area contributed by atoms with Gasteiger partial charge in [-0.1, -0.05) is 42.0 Å². The number of carboxylic acid groups (broad SMARTS) is 1. The Labute approximate surface area is 135 Å². The van der Waals surface area contributed by atoms with Crippen LogP contribution in [-0.4, -0.2) is 24.7 Å². The van der Waals surface area contributed by atoms with Crippen molar-refractivity contribution in [3.05, 3.63) is 59.2 Å². The summed E-state index contributed by atoms with van der Waals surface area (Å²) in [5, 5.41) is 11.6. The zero-order valence-corrected chi connectivity index (χ0v) is 13.3. The molecule has 2 rings (SSSR count). The predicted molar refractivity (Wildman–Crippen MR) is 87.8 cm³/mol. The number of methoxy groups -OCH3 is 1. The molecule has 0 saturated carbocycles. The van der Waals surface area contributed by atoms with Crippen LogP contribution in [0.3, 0.4) is 0 Å². The summed E-state index contributed by atoms with van der Waals surface area (Å²) in [7, 11) is 1.59. The average Bonchev–Trinajstić information content (AvgIpc) is 2.53. The van der Waals surface area contributed by atoms with Crippen molar-refractivity contribution in [2.75, 3.05) is 13.7 Å². The fourth-order valence-corrected chi connectivity index (χ4v) is 2.29. The van der Waals surface area contributed by atoms with E-state index in [2.05, 4.69) is 11.4 Å². The van der Waals surface area contributed by atoms with E-state index in [-0.39, 0.29) is 6.54 Å². The summed E-state index contributed by atoms with van der Waals surface area (Å²) in [4.78, 5) is 10.6. The molecule has 0 spiro atoms. The topological polar surface area (TPSA) is 67.8 Å². The van der Waals surface area contributed by atoms with Crippen molar-refractivity contribution in [3.63, 3.8) is 0 Å². The van der Waals surface area contributed by atoms with Gasteiger partial charge in [0.05, 0.1) is 13.7 Å². The van der Waals surface area contributed by atoms with E-state index in [4.69, 9.17) is 14.6 Å². The molecular formula is C18H21NO4. The molecule has 0 heterocycles. The molecule has 0 radical (unpaired) electrons. The molecule has 0 saturated heterocycles. The summed E-state index contributed by atoms with van der Waals surface area (Å²) in [6, 6.07) is 13.7. The Kier molecular flexibility index (Phi) is 6.00. The first-order valence-electron chi connectivity index (χ1n) is 7.37. The van der Waals surface area contributed by atoms with Gasteiger partial charge in [-0.3, -0.25) is 4.79 Å². The Balaban J connectivity index is 2.12. The number of aryl methyl sites for hydroxylation is 1. The van der Waals surface area contributed by atoms with Gasteiger partial charge in [-0.15, -0.1) is 0 Å². The maximum absolute atomic E-state index is 10.6. The summed E-state index contributed by atoms with van der Waals surface area (Å²) >= 11 is 0. The normalized spacial score (nSPS) is 10.3. The third-order valence-electron chi connectivity index (χ3n) is 3.34. The fourth-order valence-electron chi connectivity index (χ4n) is 2.29. The summed E-state index contributed by atoms with van der Waals surface area (Å²) in [5.74, 6) is 0.372. The van der Waals surface area contributed by atoms with Crippen molar-refractivity contribution in [2.24, 2.45) is 0 Å². The number of nitrogens with one attached hydrogen (secondary N) is 1. The molecule has 0 amide bonds. The molecule has 0 aliphatic rings. The number of aliphatic carboxylic acids is 1. The Hall–Kier alpha value is -2.53. The van der Waals surface area contributed by atoms with Crippen molar-refractivity contribution in [2.45, 2.75) is 20.1 Å². The van der Waals surface area contributed by atoms with Gasteiger partial charge in [0.1, 0.15) is 6.61 Å². The molecule has 0 fully saturated rings. The Morgan fingerprint density at radius 1 is 1.22 bits per heavy atom. The number of hydrogen-bond donors (Lipinski definition) is 2. The molecular weight excluding hydrogens is 294 g/mol. The van der Waals surface area contributed by atoms with Gasteiger partial charge in [0, 0.05) is 12.1 Å². The minimum Gasteiger partial charge on any atom is -0.493 e. The van der Waals surface area contributed by atoms with Gasteiger partial charge in [-0.25, -0.2) is 0 Å². The lowest BCUT2D eigenvalue weighted by atomic mass is 10.1. The lowest BCUT2D eigenvalue weighted by Gasteiger charge is -2.15. The third-order valence-corrected chi connectivity index (χ3v) is 3.34. The molecule has 0 bridgehead atoms. The molecule has 0 unspecified atom stereocenters. The van der Waals surface area contributed by atoms with Gasteiger partial charge in [-0.05, 0) is 18.6 Å². The van der Waals surface area contributed by atoms with Crippen molar-refractivity contribution in [1.82, 2.24) is 5.32 Å². The predicted octanol–water partition coefficient (Wildman–Crippen LogP) is 2.76. The third kappa shape index (κ3) is 5.00. The minimum absolute atomic E-state index is 0.103. The van der Waals surface area contributed by atoms with Crippen LogP contribution < -0.4 is 14.8 Å². The van der Waals surface area contributed by atoms with E-state index in [1.807, 2.05) is 43.3 Å². The van der Waals surface area contributed by atoms with E-state index >= 15 is 0 Å². The zero-order chi connectivity index (χ0) is 16.7. The van der Waals surface area contributed by atoms with Gasteiger partial charge in [0.25, 0.3) is 0 Å². The highest BCUT2D eigenvalue weighted by Gasteiger charge is 2.11. The molecule has 0 aliphatic carbocycles. The monoisotopic (exact) mass is 315 g/mol. The fraction of sp³-hybridized carbons (Fsp3) is 0.278. The lowest BCUT2D eigenvalue weighted by molar-refractivity contribution is -0.136. The van der Waals surface area contributed by atoms with E-state index in [1.165, 1.54) is 5.56 Å². The zero-order valence-electron chi connectivity index (χ0n) is 13.3. The van der Waals surface area contributed by atoms with Crippen LogP contribution in [0.1, 0.15) is 16.7 Å². The molecule has 5 nitrogen and oxygen atoms in total. The maximum atomic E-state index is 10.6. The highest BCUT2D eigenvalue weighted by molar-refractivity contribution is 5.69. The van der Waals surface area contributed by atoms with Crippen molar-refractivity contribution in [3.8, 4) is 11.5 Å². The molecule has 2 aromatic carbocycles. The minimum atomic E-state index is -0.893. The van der Waals surface area contributed by atoms with E-state index in [9.17, 15) is 4.79 Å². The van der Waals surface area contributed by atoms with Crippen molar-refractivity contribution >= 4 is 5.97 Å². The maximum Gasteiger partial charge on any atom is 0.317 e. The van der Waals surface area contributed by atoms with Gasteiger partial charge >= 0.3 is 5.97 Å². The second-order valence-corrected chi connectivity index (χ2v) is 5.22. The van der Waals surface area contributed by atoms with Crippen LogP contribution in [0.25, 0.3) is 0 Å². The number of ether oxygens (including phenoxy) is 2. The molecule has 2 N–H and O–H groups in total. The number of benzene rings is 2. The SMILES string of the molecule is COc1cccc(CNCC(=O)O)c1OCc1cccc(C)c1. The standard InChI is InChI=1S/C18H21NO4/c1-13-5-3-6-14(9-13)12-23-18-15(10-19-11-17(20)21)7-4-8-16(18)22-2/h3-9,19H,10-12H2,1-2H3,(H,20,21). The van der Waals surface area contributed by atoms with Crippen LogP contribution in [0.15, 0.2) is 42.5 Å². The van der Waals surface area contributed by atoms with Gasteiger partial charge in [0.15, 0.2) is 11.5 Å². The Morgan fingerprint density at radius 2 is 2.00 bits per heavy atom. The largest absolute Gasteiger partial charge is 0.493 e. The quantitative estimate of drug-likeness (QED) is 0.784. The number of carboxylic acids is 1. The van der Waals surface area contributed by atoms with Crippen LogP contribution in [0, 0.1) is 6.92 Å². The molecule has 2 aromatic rings. The van der Waals surface area contributed by atoms with E-state index in [1.54, 1.807) is 7.11 Å². The molecule has 122 valence electrons. The van der Waals surface area contributed by atoms with E-state index < -0.39 is 5.97 Å². The van der Waals surface area contributed by atoms with Crippen molar-refractivity contribution < 1.29 is 19.4 Å². The van der Waals surface area contributed by atoms with Crippen LogP contribution in [0.2, 0.25) is 0 Å². The second-order valence-electron chi connectivity index (χ2n) is 5.22. The molecule has 5 heteroatoms. The molecule has 0 aliphatic heterocycles. The van der Waals surface area contributed by atoms with Crippen LogP contribution in [0.5, 0.6) is 11.5 Å². The highest BCUT2D eigenvalue weighted by Crippen LogP contribution is 2.31. The van der Waals surface area contributed by atoms with Crippen molar-refractivity contribution in [1.29, 1.82) is 0 Å². The van der Waals surface area contributed by atoms with Crippen LogP contribution in [0.4, 0.5) is 0 Å². The van der Waals surface area contributed by atoms with Gasteiger partial charge in [-0.2, -0.15) is 0 Å². The molecule has 0 aromatic heterocycles. The summed E-state index contributed by atoms with van der Waals surface area (Å²) < 4.78 is 11.3. The smallest absolute Gasteiger partial charge is 0.317 e. The van der Waals surface area contributed by atoms with Crippen LogP contribution >= 0.6 is 0 Å². The van der Waals surface area contributed by atoms with Gasteiger partial charge in [0.2, 0.25) is 0 Å². The Morgan fingerprint density at radius 3 is 2.70 bits per heavy atom. The van der Waals surface area contributed by atoms with E-state index in [0.29, 0.717) is 24.7 Å². The first kappa shape index (κ1) is 16.8. The molecule has 0 atom stereocenters. The van der Waals surface area contributed by atoms with Gasteiger partial charge < -0.3 is 19.9 Å².